The molecule has 0 bridgehead atoms. The van der Waals surface area contributed by atoms with Gasteiger partial charge in [-0.1, -0.05) is 0 Å². The van der Waals surface area contributed by atoms with Crippen molar-refractivity contribution >= 4 is 0 Å². The molecule has 0 aromatic heterocycles. The Morgan fingerprint density at radius 1 is 1.27 bits per heavy atom. The minimum absolute atomic E-state index is 0.402. The fraction of sp³-hybridized carbons (Fsp3) is 0.818. The van der Waals surface area contributed by atoms with E-state index in [1.54, 1.807) is 12.5 Å². The summed E-state index contributed by atoms with van der Waals surface area (Å²) in [6, 6.07) is 0.966. The van der Waals surface area contributed by atoms with E-state index < -0.39 is 5.79 Å². The Balaban J connectivity index is 1.69. The average Bonchev–Trinajstić information content (AvgIpc) is 2.65. The standard InChI is InChI=1S/C11H20N2O2/c1-11(14-6-7-15-11)8-13-10-4-2-9(12)3-5-10/h6-7,9-10,13H,2-5,8,12H2,1H3. The van der Waals surface area contributed by atoms with Gasteiger partial charge in [0.2, 0.25) is 0 Å². The Morgan fingerprint density at radius 3 is 2.47 bits per heavy atom. The predicted molar refractivity (Wildman–Crippen MR) is 57.9 cm³/mol. The van der Waals surface area contributed by atoms with E-state index in [1.165, 1.54) is 0 Å². The molecule has 15 heavy (non-hydrogen) atoms. The zero-order chi connectivity index (χ0) is 10.7. The Morgan fingerprint density at radius 2 is 1.87 bits per heavy atom. The van der Waals surface area contributed by atoms with Gasteiger partial charge in [0.05, 0.1) is 6.54 Å². The molecule has 1 fully saturated rings. The van der Waals surface area contributed by atoms with Crippen LogP contribution in [0.1, 0.15) is 32.6 Å². The molecule has 0 aromatic rings. The second-order valence-electron chi connectivity index (χ2n) is 4.63. The van der Waals surface area contributed by atoms with Crippen LogP contribution < -0.4 is 11.1 Å². The maximum absolute atomic E-state index is 5.85. The third-order valence-electron chi connectivity index (χ3n) is 3.17. The van der Waals surface area contributed by atoms with Crippen LogP contribution in [0.5, 0.6) is 0 Å². The molecule has 0 amide bonds. The van der Waals surface area contributed by atoms with E-state index in [2.05, 4.69) is 5.32 Å². The monoisotopic (exact) mass is 212 g/mol. The lowest BCUT2D eigenvalue weighted by Gasteiger charge is -2.30. The molecule has 3 N–H and O–H groups in total. The molecule has 0 aromatic carbocycles. The van der Waals surface area contributed by atoms with E-state index in [0.29, 0.717) is 12.1 Å². The van der Waals surface area contributed by atoms with E-state index in [1.807, 2.05) is 6.92 Å². The molecule has 4 nitrogen and oxygen atoms in total. The predicted octanol–water partition coefficient (Wildman–Crippen LogP) is 1.08. The number of nitrogens with one attached hydrogen (secondary N) is 1. The molecule has 0 unspecified atom stereocenters. The third-order valence-corrected chi connectivity index (χ3v) is 3.17. The van der Waals surface area contributed by atoms with Crippen molar-refractivity contribution in [2.75, 3.05) is 6.54 Å². The van der Waals surface area contributed by atoms with Crippen LogP contribution in [0.15, 0.2) is 12.5 Å². The first-order valence-electron chi connectivity index (χ1n) is 5.68. The molecule has 0 atom stereocenters. The van der Waals surface area contributed by atoms with Gasteiger partial charge in [0.1, 0.15) is 12.5 Å². The topological polar surface area (TPSA) is 56.5 Å². The molecule has 0 saturated heterocycles. The summed E-state index contributed by atoms with van der Waals surface area (Å²) in [6.45, 7) is 2.66. The van der Waals surface area contributed by atoms with Crippen molar-refractivity contribution in [1.82, 2.24) is 5.32 Å². The highest BCUT2D eigenvalue weighted by molar-refractivity contribution is 4.85. The Labute approximate surface area is 90.8 Å². The van der Waals surface area contributed by atoms with Gasteiger partial charge in [0, 0.05) is 19.0 Å². The number of hydrogen-bond acceptors (Lipinski definition) is 4. The van der Waals surface area contributed by atoms with Crippen LogP contribution in [-0.2, 0) is 9.47 Å². The van der Waals surface area contributed by atoms with Gasteiger partial charge in [-0.3, -0.25) is 0 Å². The molecular weight excluding hydrogens is 192 g/mol. The van der Waals surface area contributed by atoms with Crippen molar-refractivity contribution < 1.29 is 9.47 Å². The lowest BCUT2D eigenvalue weighted by molar-refractivity contribution is -0.123. The lowest BCUT2D eigenvalue weighted by atomic mass is 9.92. The van der Waals surface area contributed by atoms with E-state index in [4.69, 9.17) is 15.2 Å². The molecule has 0 radical (unpaired) electrons. The second-order valence-corrected chi connectivity index (χ2v) is 4.63. The normalized spacial score (nSPS) is 33.5. The number of hydrogen-bond donors (Lipinski definition) is 2. The SMILES string of the molecule is CC1(CNC2CCC(N)CC2)OC=CO1. The van der Waals surface area contributed by atoms with E-state index in [9.17, 15) is 0 Å². The first-order chi connectivity index (χ1) is 7.18. The molecule has 0 spiro atoms. The molecule has 2 rings (SSSR count). The van der Waals surface area contributed by atoms with Crippen molar-refractivity contribution in [2.45, 2.75) is 50.5 Å². The van der Waals surface area contributed by atoms with Crippen LogP contribution in [0.3, 0.4) is 0 Å². The largest absolute Gasteiger partial charge is 0.456 e. The Hall–Kier alpha value is -0.740. The smallest absolute Gasteiger partial charge is 0.259 e. The van der Waals surface area contributed by atoms with Crippen LogP contribution >= 0.6 is 0 Å². The number of nitrogens with two attached hydrogens (primary N) is 1. The van der Waals surface area contributed by atoms with Crippen LogP contribution in [0.4, 0.5) is 0 Å². The van der Waals surface area contributed by atoms with Gasteiger partial charge >= 0.3 is 0 Å². The van der Waals surface area contributed by atoms with Gasteiger partial charge in [0.25, 0.3) is 5.79 Å². The summed E-state index contributed by atoms with van der Waals surface area (Å²) in [7, 11) is 0. The fourth-order valence-corrected chi connectivity index (χ4v) is 2.11. The third kappa shape index (κ3) is 2.86. The molecule has 1 heterocycles. The van der Waals surface area contributed by atoms with Gasteiger partial charge in [-0.25, -0.2) is 0 Å². The summed E-state index contributed by atoms with van der Waals surface area (Å²) < 4.78 is 10.7. The molecule has 1 saturated carbocycles. The van der Waals surface area contributed by atoms with Crippen molar-refractivity contribution in [1.29, 1.82) is 0 Å². The van der Waals surface area contributed by atoms with Crippen LogP contribution in [0, 0.1) is 0 Å². The molecule has 1 aliphatic carbocycles. The van der Waals surface area contributed by atoms with Crippen LogP contribution in [0.25, 0.3) is 0 Å². The van der Waals surface area contributed by atoms with Gasteiger partial charge in [-0.05, 0) is 25.7 Å². The highest BCUT2D eigenvalue weighted by atomic mass is 16.7. The molecule has 86 valence electrons. The summed E-state index contributed by atoms with van der Waals surface area (Å²) in [5.41, 5.74) is 5.85. The zero-order valence-corrected chi connectivity index (χ0v) is 9.24. The summed E-state index contributed by atoms with van der Waals surface area (Å²) in [5.74, 6) is -0.514. The highest BCUT2D eigenvalue weighted by Gasteiger charge is 2.30. The summed E-state index contributed by atoms with van der Waals surface area (Å²) in [4.78, 5) is 0. The maximum atomic E-state index is 5.85. The van der Waals surface area contributed by atoms with E-state index in [-0.39, 0.29) is 0 Å². The number of ether oxygens (including phenoxy) is 2. The van der Waals surface area contributed by atoms with Crippen molar-refractivity contribution in [3.8, 4) is 0 Å². The van der Waals surface area contributed by atoms with Crippen molar-refractivity contribution in [3.63, 3.8) is 0 Å². The average molecular weight is 212 g/mol. The van der Waals surface area contributed by atoms with E-state index in [0.717, 1.165) is 32.2 Å². The lowest BCUT2D eigenvalue weighted by Crippen LogP contribution is -2.45. The Kier molecular flexibility index (Phi) is 3.17. The van der Waals surface area contributed by atoms with Gasteiger partial charge in [-0.2, -0.15) is 0 Å². The zero-order valence-electron chi connectivity index (χ0n) is 9.24. The molecular formula is C11H20N2O2. The minimum Gasteiger partial charge on any atom is -0.456 e. The highest BCUT2D eigenvalue weighted by Crippen LogP contribution is 2.21. The van der Waals surface area contributed by atoms with Crippen LogP contribution in [0.2, 0.25) is 0 Å². The molecule has 2 aliphatic rings. The van der Waals surface area contributed by atoms with Crippen LogP contribution in [-0.4, -0.2) is 24.4 Å². The van der Waals surface area contributed by atoms with Gasteiger partial charge in [0.15, 0.2) is 0 Å². The Bertz CT molecular complexity index is 227. The van der Waals surface area contributed by atoms with Gasteiger partial charge < -0.3 is 20.5 Å². The van der Waals surface area contributed by atoms with Gasteiger partial charge in [-0.15, -0.1) is 0 Å². The van der Waals surface area contributed by atoms with E-state index >= 15 is 0 Å². The molecule has 4 heteroatoms. The van der Waals surface area contributed by atoms with Crippen molar-refractivity contribution in [3.05, 3.63) is 12.5 Å². The quantitative estimate of drug-likeness (QED) is 0.735. The first-order valence-corrected chi connectivity index (χ1v) is 5.68. The summed E-state index contributed by atoms with van der Waals surface area (Å²) in [6.07, 6.45) is 7.75. The second kappa shape index (κ2) is 4.41. The number of rotatable bonds is 3. The summed E-state index contributed by atoms with van der Waals surface area (Å²) >= 11 is 0. The minimum atomic E-state index is -0.514. The fourth-order valence-electron chi connectivity index (χ4n) is 2.11. The van der Waals surface area contributed by atoms with Crippen molar-refractivity contribution in [2.24, 2.45) is 5.73 Å². The first kappa shape index (κ1) is 10.8. The molecule has 1 aliphatic heterocycles. The summed E-state index contributed by atoms with van der Waals surface area (Å²) in [5, 5.41) is 3.48. The maximum Gasteiger partial charge on any atom is 0.259 e.